The number of carbonyl (C=O) groups excluding carboxylic acids is 3. The largest absolute Gasteiger partial charge is 0.464 e. The number of nitrogens with two attached hydrogens (primary N) is 2. The Kier molecular flexibility index (Phi) is 9.55. The van der Waals surface area contributed by atoms with Gasteiger partial charge in [0, 0.05) is 13.1 Å². The van der Waals surface area contributed by atoms with Crippen LogP contribution in [0.15, 0.2) is 4.99 Å². The van der Waals surface area contributed by atoms with E-state index in [0.717, 1.165) is 6.42 Å². The fourth-order valence-electron chi connectivity index (χ4n) is 2.45. The Hall–Kier alpha value is -2.36. The minimum Gasteiger partial charge on any atom is -0.464 e. The molecule has 1 aliphatic heterocycles. The number of hydrogen-bond acceptors (Lipinski definition) is 6. The summed E-state index contributed by atoms with van der Waals surface area (Å²) in [5.41, 5.74) is 10.5. The Balaban J connectivity index is 2.43. The van der Waals surface area contributed by atoms with Crippen LogP contribution in [0.4, 0.5) is 0 Å². The third-order valence-corrected chi connectivity index (χ3v) is 3.79. The summed E-state index contributed by atoms with van der Waals surface area (Å²) < 4.78 is 9.89. The van der Waals surface area contributed by atoms with Crippen LogP contribution in [0.2, 0.25) is 0 Å². The highest BCUT2D eigenvalue weighted by Gasteiger charge is 2.52. The van der Waals surface area contributed by atoms with Crippen LogP contribution in [0.5, 0.6) is 0 Å². The highest BCUT2D eigenvalue weighted by molar-refractivity contribution is 5.95. The molecule has 154 valence electrons. The van der Waals surface area contributed by atoms with E-state index in [1.165, 1.54) is 0 Å². The summed E-state index contributed by atoms with van der Waals surface area (Å²) in [6, 6.07) is -0.692. The van der Waals surface area contributed by atoms with Crippen molar-refractivity contribution in [2.24, 2.45) is 22.4 Å². The van der Waals surface area contributed by atoms with Crippen molar-refractivity contribution in [1.29, 1.82) is 0 Å². The topological polar surface area (TPSA) is 161 Å². The minimum absolute atomic E-state index is 0.0437. The minimum atomic E-state index is -0.897. The number of ether oxygens (including phenoxy) is 2. The van der Waals surface area contributed by atoms with E-state index in [4.69, 9.17) is 20.9 Å². The summed E-state index contributed by atoms with van der Waals surface area (Å²) in [5.74, 6) is -1.08. The van der Waals surface area contributed by atoms with Crippen molar-refractivity contribution in [3.8, 4) is 0 Å². The Morgan fingerprint density at radius 1 is 1.19 bits per heavy atom. The van der Waals surface area contributed by atoms with E-state index in [0.29, 0.717) is 25.9 Å². The Labute approximate surface area is 159 Å². The van der Waals surface area contributed by atoms with Crippen molar-refractivity contribution in [2.75, 3.05) is 19.7 Å². The molecule has 10 nitrogen and oxygen atoms in total. The zero-order valence-electron chi connectivity index (χ0n) is 16.2. The van der Waals surface area contributed by atoms with Crippen LogP contribution in [0, 0.1) is 5.92 Å². The van der Waals surface area contributed by atoms with Crippen LogP contribution in [0.3, 0.4) is 0 Å². The Morgan fingerprint density at radius 2 is 1.89 bits per heavy atom. The van der Waals surface area contributed by atoms with E-state index in [2.05, 4.69) is 15.6 Å². The molecule has 0 saturated carbocycles. The monoisotopic (exact) mass is 385 g/mol. The molecule has 2 amide bonds. The zero-order chi connectivity index (χ0) is 20.4. The maximum Gasteiger partial charge on any atom is 0.338 e. The molecule has 0 aromatic carbocycles. The highest BCUT2D eigenvalue weighted by atomic mass is 16.6. The molecule has 1 fully saturated rings. The lowest BCUT2D eigenvalue weighted by atomic mass is 10.0. The molecule has 1 saturated heterocycles. The molecule has 0 unspecified atom stereocenters. The fourth-order valence-corrected chi connectivity index (χ4v) is 2.45. The third-order valence-electron chi connectivity index (χ3n) is 3.79. The van der Waals surface area contributed by atoms with Crippen molar-refractivity contribution >= 4 is 23.7 Å². The van der Waals surface area contributed by atoms with Crippen molar-refractivity contribution < 1.29 is 23.9 Å². The number of amides is 2. The van der Waals surface area contributed by atoms with Gasteiger partial charge in [0.25, 0.3) is 5.91 Å². The van der Waals surface area contributed by atoms with E-state index in [9.17, 15) is 14.4 Å². The maximum absolute atomic E-state index is 12.4. The molecule has 1 rings (SSSR count). The van der Waals surface area contributed by atoms with Crippen LogP contribution in [-0.2, 0) is 23.9 Å². The number of carbonyl (C=O) groups is 3. The van der Waals surface area contributed by atoms with E-state index < -0.39 is 30.1 Å². The van der Waals surface area contributed by atoms with Gasteiger partial charge in [-0.2, -0.15) is 0 Å². The number of guanidine groups is 1. The van der Waals surface area contributed by atoms with Crippen molar-refractivity contribution in [2.45, 2.75) is 58.3 Å². The number of rotatable bonds is 12. The van der Waals surface area contributed by atoms with Gasteiger partial charge in [-0.25, -0.2) is 4.79 Å². The number of epoxide rings is 1. The SMILES string of the molecule is CCOC(=O)[C@@H]1O[C@H]1C(=O)N[C@@H](CC(C)C)C(=O)NCCCCN=C(N)N. The predicted octanol–water partition coefficient (Wildman–Crippen LogP) is -0.982. The van der Waals surface area contributed by atoms with Gasteiger partial charge < -0.3 is 31.6 Å². The lowest BCUT2D eigenvalue weighted by Crippen LogP contribution is -2.49. The first-order valence-corrected chi connectivity index (χ1v) is 9.21. The van der Waals surface area contributed by atoms with E-state index in [1.54, 1.807) is 6.92 Å². The van der Waals surface area contributed by atoms with Crippen LogP contribution >= 0.6 is 0 Å². The van der Waals surface area contributed by atoms with Crippen LogP contribution < -0.4 is 22.1 Å². The summed E-state index contributed by atoms with van der Waals surface area (Å²) in [6.45, 7) is 6.75. The first-order valence-electron chi connectivity index (χ1n) is 9.21. The highest BCUT2D eigenvalue weighted by Crippen LogP contribution is 2.24. The number of nitrogens with zero attached hydrogens (tertiary/aromatic N) is 1. The predicted molar refractivity (Wildman–Crippen MR) is 99.6 cm³/mol. The zero-order valence-corrected chi connectivity index (χ0v) is 16.2. The second-order valence-corrected chi connectivity index (χ2v) is 6.72. The van der Waals surface area contributed by atoms with Gasteiger partial charge in [0.05, 0.1) is 6.61 Å². The van der Waals surface area contributed by atoms with E-state index >= 15 is 0 Å². The number of aliphatic imine (C=N–C) groups is 1. The normalized spacial score (nSPS) is 19.1. The summed E-state index contributed by atoms with van der Waals surface area (Å²) in [7, 11) is 0. The van der Waals surface area contributed by atoms with Crippen molar-refractivity contribution in [3.63, 3.8) is 0 Å². The molecule has 0 aromatic rings. The number of unbranched alkanes of at least 4 members (excludes halogenated alkanes) is 1. The van der Waals surface area contributed by atoms with Crippen LogP contribution in [0.25, 0.3) is 0 Å². The molecule has 0 aromatic heterocycles. The maximum atomic E-state index is 12.4. The first-order chi connectivity index (χ1) is 12.8. The Bertz CT molecular complexity index is 548. The first kappa shape index (κ1) is 22.7. The quantitative estimate of drug-likeness (QED) is 0.110. The molecule has 10 heteroatoms. The van der Waals surface area contributed by atoms with E-state index in [1.807, 2.05) is 13.8 Å². The van der Waals surface area contributed by atoms with Gasteiger partial charge in [-0.15, -0.1) is 0 Å². The average molecular weight is 385 g/mol. The average Bonchev–Trinajstić information content (AvgIpc) is 3.37. The fraction of sp³-hybridized carbons (Fsp3) is 0.765. The molecule has 3 atom stereocenters. The van der Waals surface area contributed by atoms with Gasteiger partial charge in [-0.3, -0.25) is 14.6 Å². The van der Waals surface area contributed by atoms with Gasteiger partial charge in [-0.1, -0.05) is 13.8 Å². The molecule has 27 heavy (non-hydrogen) atoms. The second kappa shape index (κ2) is 11.4. The second-order valence-electron chi connectivity index (χ2n) is 6.72. The molecule has 1 heterocycles. The number of esters is 1. The molecule has 0 aliphatic carbocycles. The van der Waals surface area contributed by atoms with Crippen LogP contribution in [0.1, 0.15) is 40.0 Å². The number of nitrogens with one attached hydrogen (secondary N) is 2. The summed E-state index contributed by atoms with van der Waals surface area (Å²) in [4.78, 5) is 40.1. The standard InChI is InChI=1S/C17H31N5O5/c1-4-26-16(25)13-12(27-13)15(24)22-11(9-10(2)3)14(23)20-7-5-6-8-21-17(18)19/h10-13H,4-9H2,1-3H3,(H,20,23)(H,22,24)(H4,18,19,21)/t11-,12+,13+/m0/s1. The van der Waals surface area contributed by atoms with Gasteiger partial charge in [-0.05, 0) is 32.1 Å². The molecule has 0 bridgehead atoms. The van der Waals surface area contributed by atoms with Crippen LogP contribution in [-0.4, -0.2) is 61.7 Å². The molecular weight excluding hydrogens is 354 g/mol. The van der Waals surface area contributed by atoms with Crippen molar-refractivity contribution in [3.05, 3.63) is 0 Å². The van der Waals surface area contributed by atoms with Gasteiger partial charge in [0.1, 0.15) is 6.04 Å². The van der Waals surface area contributed by atoms with E-state index in [-0.39, 0.29) is 24.4 Å². The molecule has 6 N–H and O–H groups in total. The Morgan fingerprint density at radius 3 is 2.48 bits per heavy atom. The lowest BCUT2D eigenvalue weighted by Gasteiger charge is -2.19. The third kappa shape index (κ3) is 8.72. The molecule has 0 spiro atoms. The lowest BCUT2D eigenvalue weighted by molar-refractivity contribution is -0.144. The van der Waals surface area contributed by atoms with Gasteiger partial charge in [0.2, 0.25) is 5.91 Å². The van der Waals surface area contributed by atoms with Gasteiger partial charge >= 0.3 is 5.97 Å². The molecule has 0 radical (unpaired) electrons. The molecule has 1 aliphatic rings. The summed E-state index contributed by atoms with van der Waals surface area (Å²) in [5, 5.41) is 5.46. The van der Waals surface area contributed by atoms with Gasteiger partial charge in [0.15, 0.2) is 18.2 Å². The van der Waals surface area contributed by atoms with Crippen molar-refractivity contribution in [1.82, 2.24) is 10.6 Å². The number of hydrogen-bond donors (Lipinski definition) is 4. The summed E-state index contributed by atoms with van der Waals surface area (Å²) in [6.07, 6.45) is 0.134. The summed E-state index contributed by atoms with van der Waals surface area (Å²) >= 11 is 0. The smallest absolute Gasteiger partial charge is 0.338 e. The molecular formula is C17H31N5O5.